The maximum Gasteiger partial charge on any atom is 0.0447 e. The molecule has 13 heavy (non-hydrogen) atoms. The van der Waals surface area contributed by atoms with Crippen molar-refractivity contribution < 1.29 is 0 Å². The fraction of sp³-hybridized carbons (Fsp3) is 0.500. The van der Waals surface area contributed by atoms with Gasteiger partial charge in [-0.2, -0.15) is 0 Å². The third kappa shape index (κ3) is 2.68. The number of pyridine rings is 1. The lowest BCUT2D eigenvalue weighted by atomic mass is 9.96. The van der Waals surface area contributed by atoms with Crippen LogP contribution in [0.3, 0.4) is 0 Å². The number of hydrogen-bond donors (Lipinski definition) is 1. The van der Waals surface area contributed by atoms with Gasteiger partial charge >= 0.3 is 0 Å². The highest BCUT2D eigenvalue weighted by Crippen LogP contribution is 2.20. The van der Waals surface area contributed by atoms with Crippen LogP contribution in [0.1, 0.15) is 24.5 Å². The van der Waals surface area contributed by atoms with Crippen LogP contribution in [0, 0.1) is 0 Å². The van der Waals surface area contributed by atoms with Crippen molar-refractivity contribution in [2.24, 2.45) is 0 Å². The Kier molecular flexibility index (Phi) is 4.19. The summed E-state index contributed by atoms with van der Waals surface area (Å²) in [6, 6.07) is 6.16. The normalized spacial score (nSPS) is 22.0. The summed E-state index contributed by atoms with van der Waals surface area (Å²) in [4.78, 5) is 4.36. The van der Waals surface area contributed by atoms with E-state index in [0.29, 0.717) is 5.92 Å². The highest BCUT2D eigenvalue weighted by molar-refractivity contribution is 5.85. The van der Waals surface area contributed by atoms with Gasteiger partial charge in [0.15, 0.2) is 0 Å². The topological polar surface area (TPSA) is 24.9 Å². The van der Waals surface area contributed by atoms with Gasteiger partial charge in [-0.05, 0) is 31.5 Å². The van der Waals surface area contributed by atoms with Crippen molar-refractivity contribution in [1.82, 2.24) is 10.3 Å². The van der Waals surface area contributed by atoms with Gasteiger partial charge in [-0.3, -0.25) is 4.98 Å². The first-order valence-corrected chi connectivity index (χ1v) is 4.58. The number of aromatic nitrogens is 1. The van der Waals surface area contributed by atoms with Crippen LogP contribution in [-0.2, 0) is 0 Å². The summed E-state index contributed by atoms with van der Waals surface area (Å²) in [5, 5.41) is 3.39. The van der Waals surface area contributed by atoms with Crippen LogP contribution < -0.4 is 5.32 Å². The van der Waals surface area contributed by atoms with E-state index in [0.717, 1.165) is 6.54 Å². The molecule has 2 nitrogen and oxygen atoms in total. The summed E-state index contributed by atoms with van der Waals surface area (Å²) in [6.07, 6.45) is 4.44. The van der Waals surface area contributed by atoms with Crippen LogP contribution in [0.2, 0.25) is 0 Å². The molecule has 0 amide bonds. The first kappa shape index (κ1) is 10.5. The van der Waals surface area contributed by atoms with E-state index < -0.39 is 0 Å². The molecule has 3 heteroatoms. The Morgan fingerprint density at radius 3 is 2.92 bits per heavy atom. The molecule has 1 atom stereocenters. The maximum absolute atomic E-state index is 4.36. The van der Waals surface area contributed by atoms with Gasteiger partial charge in [0.25, 0.3) is 0 Å². The van der Waals surface area contributed by atoms with E-state index in [2.05, 4.69) is 22.4 Å². The van der Waals surface area contributed by atoms with Gasteiger partial charge in [0.1, 0.15) is 0 Å². The molecule has 1 aromatic rings. The Bertz CT molecular complexity index is 232. The molecule has 0 radical (unpaired) electrons. The summed E-state index contributed by atoms with van der Waals surface area (Å²) in [5.41, 5.74) is 1.24. The average Bonchev–Trinajstić information content (AvgIpc) is 2.21. The van der Waals surface area contributed by atoms with Gasteiger partial charge in [0.05, 0.1) is 0 Å². The monoisotopic (exact) mass is 198 g/mol. The van der Waals surface area contributed by atoms with Crippen LogP contribution in [-0.4, -0.2) is 18.1 Å². The fourth-order valence-corrected chi connectivity index (χ4v) is 1.72. The molecule has 1 aliphatic heterocycles. The molecule has 2 heterocycles. The molecule has 2 rings (SSSR count). The van der Waals surface area contributed by atoms with Gasteiger partial charge < -0.3 is 5.32 Å². The highest BCUT2D eigenvalue weighted by Gasteiger charge is 2.14. The standard InChI is InChI=1S/C10H14N2.ClH/c1-2-7-12-10(5-1)9-4-3-6-11-8-9;/h1-2,5,7,9,11H,3-4,6,8H2;1H. The predicted molar refractivity (Wildman–Crippen MR) is 56.3 cm³/mol. The van der Waals surface area contributed by atoms with Crippen LogP contribution in [0.25, 0.3) is 0 Å². The Balaban J connectivity index is 0.000000845. The zero-order valence-corrected chi connectivity index (χ0v) is 8.39. The second-order valence-corrected chi connectivity index (χ2v) is 3.30. The number of rotatable bonds is 1. The summed E-state index contributed by atoms with van der Waals surface area (Å²) in [6.45, 7) is 2.26. The largest absolute Gasteiger partial charge is 0.316 e. The van der Waals surface area contributed by atoms with Crippen molar-refractivity contribution in [3.63, 3.8) is 0 Å². The third-order valence-corrected chi connectivity index (χ3v) is 2.40. The smallest absolute Gasteiger partial charge is 0.0447 e. The third-order valence-electron chi connectivity index (χ3n) is 2.40. The summed E-state index contributed by atoms with van der Waals surface area (Å²) in [7, 11) is 0. The van der Waals surface area contributed by atoms with Crippen molar-refractivity contribution in [2.45, 2.75) is 18.8 Å². The second kappa shape index (κ2) is 5.20. The molecule has 0 spiro atoms. The maximum atomic E-state index is 4.36. The molecule has 1 aliphatic rings. The van der Waals surface area contributed by atoms with E-state index in [1.165, 1.54) is 25.1 Å². The molecule has 72 valence electrons. The van der Waals surface area contributed by atoms with Crippen LogP contribution >= 0.6 is 12.4 Å². The molecule has 1 N–H and O–H groups in total. The van der Waals surface area contributed by atoms with Crippen LogP contribution in [0.15, 0.2) is 24.4 Å². The summed E-state index contributed by atoms with van der Waals surface area (Å²) < 4.78 is 0. The minimum Gasteiger partial charge on any atom is -0.316 e. The highest BCUT2D eigenvalue weighted by atomic mass is 35.5. The quantitative estimate of drug-likeness (QED) is 0.747. The number of halogens is 1. The zero-order chi connectivity index (χ0) is 8.23. The molecule has 1 unspecified atom stereocenters. The van der Waals surface area contributed by atoms with Crippen molar-refractivity contribution in [3.8, 4) is 0 Å². The first-order chi connectivity index (χ1) is 5.97. The van der Waals surface area contributed by atoms with Gasteiger partial charge in [-0.1, -0.05) is 6.07 Å². The number of hydrogen-bond acceptors (Lipinski definition) is 2. The lowest BCUT2D eigenvalue weighted by molar-refractivity contribution is 0.455. The number of piperidine rings is 1. The van der Waals surface area contributed by atoms with E-state index in [1.54, 1.807) is 0 Å². The molecule has 1 saturated heterocycles. The van der Waals surface area contributed by atoms with E-state index in [1.807, 2.05) is 12.3 Å². The van der Waals surface area contributed by atoms with E-state index in [4.69, 9.17) is 0 Å². The second-order valence-electron chi connectivity index (χ2n) is 3.30. The summed E-state index contributed by atoms with van der Waals surface area (Å²) in [5.74, 6) is 0.639. The number of nitrogens with zero attached hydrogens (tertiary/aromatic N) is 1. The Hall–Kier alpha value is -0.600. The minimum atomic E-state index is 0. The lowest BCUT2D eigenvalue weighted by Crippen LogP contribution is -2.28. The molecular formula is C10H15ClN2. The van der Waals surface area contributed by atoms with Gasteiger partial charge in [0.2, 0.25) is 0 Å². The number of nitrogens with one attached hydrogen (secondary N) is 1. The summed E-state index contributed by atoms with van der Waals surface area (Å²) >= 11 is 0. The Morgan fingerprint density at radius 2 is 2.31 bits per heavy atom. The SMILES string of the molecule is Cl.c1ccc(C2CCCNC2)nc1. The van der Waals surface area contributed by atoms with E-state index >= 15 is 0 Å². The first-order valence-electron chi connectivity index (χ1n) is 4.58. The minimum absolute atomic E-state index is 0. The molecule has 0 aromatic carbocycles. The van der Waals surface area contributed by atoms with Gasteiger partial charge in [0, 0.05) is 24.4 Å². The molecule has 0 bridgehead atoms. The lowest BCUT2D eigenvalue weighted by Gasteiger charge is -2.21. The van der Waals surface area contributed by atoms with E-state index in [9.17, 15) is 0 Å². The average molecular weight is 199 g/mol. The predicted octanol–water partition coefficient (Wildman–Crippen LogP) is 1.97. The fourth-order valence-electron chi connectivity index (χ4n) is 1.72. The van der Waals surface area contributed by atoms with Gasteiger partial charge in [-0.15, -0.1) is 12.4 Å². The van der Waals surface area contributed by atoms with Crippen LogP contribution in [0.4, 0.5) is 0 Å². The molecule has 0 aliphatic carbocycles. The Labute approximate surface area is 85.2 Å². The van der Waals surface area contributed by atoms with Crippen molar-refractivity contribution in [2.75, 3.05) is 13.1 Å². The van der Waals surface area contributed by atoms with Gasteiger partial charge in [-0.25, -0.2) is 0 Å². The Morgan fingerprint density at radius 1 is 1.38 bits per heavy atom. The molecule has 1 aromatic heterocycles. The molecule has 1 fully saturated rings. The zero-order valence-electron chi connectivity index (χ0n) is 7.57. The van der Waals surface area contributed by atoms with E-state index in [-0.39, 0.29) is 12.4 Å². The van der Waals surface area contributed by atoms with Crippen molar-refractivity contribution in [1.29, 1.82) is 0 Å². The van der Waals surface area contributed by atoms with Crippen molar-refractivity contribution in [3.05, 3.63) is 30.1 Å². The van der Waals surface area contributed by atoms with Crippen molar-refractivity contribution >= 4 is 12.4 Å². The molecular weight excluding hydrogens is 184 g/mol. The molecule has 0 saturated carbocycles. The van der Waals surface area contributed by atoms with Crippen LogP contribution in [0.5, 0.6) is 0 Å².